The van der Waals surface area contributed by atoms with Crippen LogP contribution in [-0.4, -0.2) is 60.3 Å². The molecule has 0 aliphatic rings. The fraction of sp³-hybridized carbons (Fsp3) is 0.933. The van der Waals surface area contributed by atoms with Crippen molar-refractivity contribution in [1.82, 2.24) is 4.90 Å². The van der Waals surface area contributed by atoms with Crippen molar-refractivity contribution >= 4 is 17.7 Å². The lowest BCUT2D eigenvalue weighted by molar-refractivity contribution is -0.134. The monoisotopic (exact) mass is 305 g/mol. The molecule has 0 saturated heterocycles. The van der Waals surface area contributed by atoms with Crippen LogP contribution in [-0.2, 0) is 9.53 Å². The molecule has 4 nitrogen and oxygen atoms in total. The lowest BCUT2D eigenvalue weighted by Crippen LogP contribution is -2.37. The van der Waals surface area contributed by atoms with Crippen molar-refractivity contribution in [2.24, 2.45) is 11.8 Å². The van der Waals surface area contributed by atoms with Gasteiger partial charge in [-0.25, -0.2) is 0 Å². The van der Waals surface area contributed by atoms with Gasteiger partial charge in [0.2, 0.25) is 5.91 Å². The van der Waals surface area contributed by atoms with Crippen LogP contribution in [0.4, 0.5) is 0 Å². The summed E-state index contributed by atoms with van der Waals surface area (Å²) in [5, 5.41) is 9.73. The molecule has 0 bridgehead atoms. The first-order valence-corrected chi connectivity index (χ1v) is 8.11. The second-order valence-electron chi connectivity index (χ2n) is 6.47. The number of aliphatic hydroxyl groups excluding tert-OH is 1. The van der Waals surface area contributed by atoms with E-state index in [-0.39, 0.29) is 16.6 Å². The van der Waals surface area contributed by atoms with Gasteiger partial charge in [-0.15, -0.1) is 0 Å². The molecule has 5 heteroatoms. The van der Waals surface area contributed by atoms with E-state index < -0.39 is 6.10 Å². The zero-order chi connectivity index (χ0) is 15.9. The first-order valence-electron chi connectivity index (χ1n) is 7.13. The standard InChI is InChI=1S/C15H31NO3S/c1-11(2)13(14(18)16(5)6)8-15(3,4)20-10-12(17)9-19-7/h11-13,17H,8-10H2,1-7H3. The summed E-state index contributed by atoms with van der Waals surface area (Å²) in [5.74, 6) is 1.15. The van der Waals surface area contributed by atoms with Crippen molar-refractivity contribution < 1.29 is 14.6 Å². The second-order valence-corrected chi connectivity index (χ2v) is 8.19. The summed E-state index contributed by atoms with van der Waals surface area (Å²) in [7, 11) is 5.20. The maximum Gasteiger partial charge on any atom is 0.225 e. The second kappa shape index (κ2) is 8.90. The molecule has 120 valence electrons. The average Bonchev–Trinajstić information content (AvgIpc) is 2.33. The molecule has 0 fully saturated rings. The minimum Gasteiger partial charge on any atom is -0.390 e. The number of ether oxygens (including phenoxy) is 1. The molecule has 0 aromatic carbocycles. The van der Waals surface area contributed by atoms with Gasteiger partial charge >= 0.3 is 0 Å². The van der Waals surface area contributed by atoms with Crippen molar-refractivity contribution in [2.45, 2.75) is 45.0 Å². The van der Waals surface area contributed by atoms with E-state index in [4.69, 9.17) is 4.74 Å². The molecule has 0 heterocycles. The number of methoxy groups -OCH3 is 1. The molecule has 0 aliphatic heterocycles. The predicted octanol–water partition coefficient (Wildman–Crippen LogP) is 2.26. The summed E-state index contributed by atoms with van der Waals surface area (Å²) in [6.45, 7) is 8.80. The van der Waals surface area contributed by atoms with E-state index >= 15 is 0 Å². The van der Waals surface area contributed by atoms with Crippen molar-refractivity contribution in [2.75, 3.05) is 33.6 Å². The molecule has 0 radical (unpaired) electrons. The van der Waals surface area contributed by atoms with Crippen LogP contribution in [0.15, 0.2) is 0 Å². The molecule has 0 rings (SSSR count). The number of amides is 1. The lowest BCUT2D eigenvalue weighted by atomic mass is 9.86. The number of carbonyl (C=O) groups excluding carboxylic acids is 1. The Kier molecular flexibility index (Phi) is 8.79. The van der Waals surface area contributed by atoms with Gasteiger partial charge in [-0.05, 0) is 12.3 Å². The van der Waals surface area contributed by atoms with Gasteiger partial charge in [0.25, 0.3) is 0 Å². The van der Waals surface area contributed by atoms with Crippen LogP contribution >= 0.6 is 11.8 Å². The Balaban J connectivity index is 4.56. The Hall–Kier alpha value is -0.260. The van der Waals surface area contributed by atoms with Gasteiger partial charge in [0.05, 0.1) is 12.7 Å². The van der Waals surface area contributed by atoms with E-state index in [0.29, 0.717) is 18.3 Å². The number of nitrogens with zero attached hydrogens (tertiary/aromatic N) is 1. The van der Waals surface area contributed by atoms with Gasteiger partial charge < -0.3 is 14.7 Å². The van der Waals surface area contributed by atoms with Crippen molar-refractivity contribution in [3.63, 3.8) is 0 Å². The number of rotatable bonds is 9. The number of aliphatic hydroxyl groups is 1. The highest BCUT2D eigenvalue weighted by Gasteiger charge is 2.31. The van der Waals surface area contributed by atoms with Crippen molar-refractivity contribution in [3.8, 4) is 0 Å². The van der Waals surface area contributed by atoms with Crippen molar-refractivity contribution in [3.05, 3.63) is 0 Å². The molecular formula is C15H31NO3S. The smallest absolute Gasteiger partial charge is 0.225 e. The predicted molar refractivity (Wildman–Crippen MR) is 86.1 cm³/mol. The van der Waals surface area contributed by atoms with Gasteiger partial charge in [0, 0.05) is 37.6 Å². The van der Waals surface area contributed by atoms with Crippen molar-refractivity contribution in [1.29, 1.82) is 0 Å². The van der Waals surface area contributed by atoms with Crippen LogP contribution in [0.25, 0.3) is 0 Å². The zero-order valence-corrected chi connectivity index (χ0v) is 14.8. The fourth-order valence-electron chi connectivity index (χ4n) is 2.09. The highest BCUT2D eigenvalue weighted by atomic mass is 32.2. The van der Waals surface area contributed by atoms with Gasteiger partial charge in [-0.3, -0.25) is 4.79 Å². The Labute approximate surface area is 128 Å². The molecular weight excluding hydrogens is 274 g/mol. The largest absolute Gasteiger partial charge is 0.390 e. The zero-order valence-electron chi connectivity index (χ0n) is 14.0. The third-order valence-corrected chi connectivity index (χ3v) is 4.80. The number of hydrogen-bond acceptors (Lipinski definition) is 4. The molecule has 0 aromatic heterocycles. The fourth-order valence-corrected chi connectivity index (χ4v) is 3.13. The third-order valence-electron chi connectivity index (χ3n) is 3.30. The van der Waals surface area contributed by atoms with E-state index in [1.165, 1.54) is 0 Å². The Morgan fingerprint density at radius 1 is 1.35 bits per heavy atom. The average molecular weight is 305 g/mol. The summed E-state index contributed by atoms with van der Waals surface area (Å²) >= 11 is 1.70. The van der Waals surface area contributed by atoms with Gasteiger partial charge in [-0.2, -0.15) is 11.8 Å². The number of hydrogen-bond donors (Lipinski definition) is 1. The number of carbonyl (C=O) groups is 1. The van der Waals surface area contributed by atoms with Crippen LogP contribution in [0.5, 0.6) is 0 Å². The van der Waals surface area contributed by atoms with Gasteiger partial charge in [-0.1, -0.05) is 27.7 Å². The van der Waals surface area contributed by atoms with E-state index in [2.05, 4.69) is 27.7 Å². The molecule has 0 spiro atoms. The minimum absolute atomic E-state index is 0.0204. The molecule has 0 aliphatic carbocycles. The lowest BCUT2D eigenvalue weighted by Gasteiger charge is -2.32. The SMILES string of the molecule is COCC(O)CSC(C)(C)CC(C(=O)N(C)C)C(C)C. The molecule has 2 atom stereocenters. The summed E-state index contributed by atoms with van der Waals surface area (Å²) in [6.07, 6.45) is 0.359. The first-order chi connectivity index (χ1) is 9.10. The molecule has 1 N–H and O–H groups in total. The summed E-state index contributed by atoms with van der Waals surface area (Å²) < 4.78 is 4.89. The number of thioether (sulfide) groups is 1. The molecule has 1 amide bonds. The maximum atomic E-state index is 12.3. The third kappa shape index (κ3) is 7.50. The normalized spacial score (nSPS) is 15.2. The topological polar surface area (TPSA) is 49.8 Å². The van der Waals surface area contributed by atoms with E-state index in [1.807, 2.05) is 0 Å². The highest BCUT2D eigenvalue weighted by molar-refractivity contribution is 8.00. The highest BCUT2D eigenvalue weighted by Crippen LogP contribution is 2.35. The first kappa shape index (κ1) is 19.7. The van der Waals surface area contributed by atoms with Gasteiger partial charge in [0.15, 0.2) is 0 Å². The maximum absolute atomic E-state index is 12.3. The molecule has 0 aromatic rings. The van der Waals surface area contributed by atoms with E-state index in [0.717, 1.165) is 6.42 Å². The summed E-state index contributed by atoms with van der Waals surface area (Å²) in [5.41, 5.74) is 0. The summed E-state index contributed by atoms with van der Waals surface area (Å²) in [6, 6.07) is 0. The Morgan fingerprint density at radius 2 is 1.90 bits per heavy atom. The van der Waals surface area contributed by atoms with Gasteiger partial charge in [0.1, 0.15) is 0 Å². The van der Waals surface area contributed by atoms with Crippen LogP contribution in [0.3, 0.4) is 0 Å². The van der Waals surface area contributed by atoms with E-state index in [9.17, 15) is 9.90 Å². The quantitative estimate of drug-likeness (QED) is 0.710. The van der Waals surface area contributed by atoms with Crippen LogP contribution in [0.1, 0.15) is 34.1 Å². The Bertz CT molecular complexity index is 293. The van der Waals surface area contributed by atoms with Crippen LogP contribution in [0.2, 0.25) is 0 Å². The van der Waals surface area contributed by atoms with Crippen LogP contribution < -0.4 is 0 Å². The Morgan fingerprint density at radius 3 is 2.30 bits per heavy atom. The van der Waals surface area contributed by atoms with E-state index in [1.54, 1.807) is 37.9 Å². The molecule has 2 unspecified atom stereocenters. The molecule has 0 saturated carbocycles. The minimum atomic E-state index is -0.452. The van der Waals surface area contributed by atoms with Crippen LogP contribution in [0, 0.1) is 11.8 Å². The molecule has 20 heavy (non-hydrogen) atoms. The summed E-state index contributed by atoms with van der Waals surface area (Å²) in [4.78, 5) is 13.9.